The van der Waals surface area contributed by atoms with Crippen LogP contribution in [0.1, 0.15) is 23.5 Å². The lowest BCUT2D eigenvalue weighted by molar-refractivity contribution is 0.171. The highest BCUT2D eigenvalue weighted by molar-refractivity contribution is 5.44. The van der Waals surface area contributed by atoms with Crippen molar-refractivity contribution in [2.75, 3.05) is 26.3 Å². The summed E-state index contributed by atoms with van der Waals surface area (Å²) < 4.78 is 11.2. The van der Waals surface area contributed by atoms with E-state index in [9.17, 15) is 5.11 Å². The Kier molecular flexibility index (Phi) is 3.83. The highest BCUT2D eigenvalue weighted by atomic mass is 16.6. The molecule has 2 heterocycles. The van der Waals surface area contributed by atoms with Gasteiger partial charge in [0.25, 0.3) is 0 Å². The molecule has 4 nitrogen and oxygen atoms in total. The first-order valence-corrected chi connectivity index (χ1v) is 8.18. The number of benzene rings is 2. The van der Waals surface area contributed by atoms with Gasteiger partial charge in [-0.3, -0.25) is 4.90 Å². The molecular weight excluding hydrogens is 290 g/mol. The minimum Gasteiger partial charge on any atom is -0.508 e. The van der Waals surface area contributed by atoms with Crippen LogP contribution in [0, 0.1) is 0 Å². The van der Waals surface area contributed by atoms with Crippen molar-refractivity contribution in [1.29, 1.82) is 0 Å². The van der Waals surface area contributed by atoms with Gasteiger partial charge >= 0.3 is 0 Å². The average Bonchev–Trinajstić information content (AvgIpc) is 3.03. The molecule has 0 aromatic heterocycles. The van der Waals surface area contributed by atoms with E-state index in [1.807, 2.05) is 24.3 Å². The standard InChI is InChI=1S/C19H21NO3/c21-17-4-2-1-3-16(17)15-7-8-20(13-15)12-14-5-6-18-19(11-14)23-10-9-22-18/h1-6,11,15,21H,7-10,12-13H2. The summed E-state index contributed by atoms with van der Waals surface area (Å²) in [5.41, 5.74) is 2.31. The summed E-state index contributed by atoms with van der Waals surface area (Å²) in [5.74, 6) is 2.52. The fraction of sp³-hybridized carbons (Fsp3) is 0.368. The molecule has 1 fully saturated rings. The minimum absolute atomic E-state index is 0.411. The quantitative estimate of drug-likeness (QED) is 0.945. The molecule has 23 heavy (non-hydrogen) atoms. The molecule has 2 aliphatic heterocycles. The third-order valence-electron chi connectivity index (χ3n) is 4.66. The van der Waals surface area contributed by atoms with Crippen molar-refractivity contribution in [2.45, 2.75) is 18.9 Å². The zero-order valence-corrected chi connectivity index (χ0v) is 13.1. The number of nitrogens with zero attached hydrogens (tertiary/aromatic N) is 1. The van der Waals surface area contributed by atoms with Gasteiger partial charge in [0.05, 0.1) is 0 Å². The van der Waals surface area contributed by atoms with E-state index in [0.29, 0.717) is 24.9 Å². The van der Waals surface area contributed by atoms with Crippen LogP contribution in [0.2, 0.25) is 0 Å². The van der Waals surface area contributed by atoms with Gasteiger partial charge in [-0.05, 0) is 42.3 Å². The van der Waals surface area contributed by atoms with Crippen LogP contribution in [-0.4, -0.2) is 36.3 Å². The largest absolute Gasteiger partial charge is 0.508 e. The molecule has 0 bridgehead atoms. The molecule has 4 rings (SSSR count). The molecule has 2 aromatic carbocycles. The number of hydrogen-bond donors (Lipinski definition) is 1. The molecule has 1 N–H and O–H groups in total. The zero-order valence-electron chi connectivity index (χ0n) is 13.1. The highest BCUT2D eigenvalue weighted by Gasteiger charge is 2.25. The molecule has 1 saturated heterocycles. The van der Waals surface area contributed by atoms with Crippen molar-refractivity contribution in [3.63, 3.8) is 0 Å². The molecule has 0 spiro atoms. The Balaban J connectivity index is 1.44. The summed E-state index contributed by atoms with van der Waals surface area (Å²) in [6, 6.07) is 13.9. The summed E-state index contributed by atoms with van der Waals surface area (Å²) >= 11 is 0. The number of hydrogen-bond acceptors (Lipinski definition) is 4. The first kappa shape index (κ1) is 14.4. The monoisotopic (exact) mass is 311 g/mol. The third kappa shape index (κ3) is 2.99. The van der Waals surface area contributed by atoms with Gasteiger partial charge in [-0.25, -0.2) is 0 Å². The van der Waals surface area contributed by atoms with Gasteiger partial charge in [0, 0.05) is 19.0 Å². The predicted octanol–water partition coefficient (Wildman–Crippen LogP) is 3.15. The lowest BCUT2D eigenvalue weighted by Gasteiger charge is -2.21. The molecule has 1 unspecified atom stereocenters. The second kappa shape index (κ2) is 6.13. The molecule has 0 radical (unpaired) electrons. The van der Waals surface area contributed by atoms with E-state index < -0.39 is 0 Å². The fourth-order valence-corrected chi connectivity index (χ4v) is 3.51. The molecular formula is C19H21NO3. The van der Waals surface area contributed by atoms with E-state index in [0.717, 1.165) is 43.1 Å². The van der Waals surface area contributed by atoms with E-state index in [-0.39, 0.29) is 0 Å². The maximum Gasteiger partial charge on any atom is 0.161 e. The first-order valence-electron chi connectivity index (χ1n) is 8.18. The number of phenolic OH excluding ortho intramolecular Hbond substituents is 1. The van der Waals surface area contributed by atoms with Gasteiger partial charge in [0.2, 0.25) is 0 Å². The van der Waals surface area contributed by atoms with Gasteiger partial charge < -0.3 is 14.6 Å². The molecule has 120 valence electrons. The summed E-state index contributed by atoms with van der Waals surface area (Å²) in [6.45, 7) is 4.18. The fourth-order valence-electron chi connectivity index (χ4n) is 3.51. The smallest absolute Gasteiger partial charge is 0.161 e. The number of rotatable bonds is 3. The van der Waals surface area contributed by atoms with Crippen molar-refractivity contribution in [1.82, 2.24) is 4.90 Å². The first-order chi connectivity index (χ1) is 11.3. The van der Waals surface area contributed by atoms with Crippen LogP contribution in [0.25, 0.3) is 0 Å². The summed E-state index contributed by atoms with van der Waals surface area (Å²) in [5, 5.41) is 10.0. The Hall–Kier alpha value is -2.20. The number of ether oxygens (including phenoxy) is 2. The normalized spacial score (nSPS) is 20.6. The molecule has 2 aromatic rings. The third-order valence-corrected chi connectivity index (χ3v) is 4.66. The molecule has 0 saturated carbocycles. The SMILES string of the molecule is Oc1ccccc1C1CCN(Cc2ccc3c(c2)OCCO3)C1. The minimum atomic E-state index is 0.411. The lowest BCUT2D eigenvalue weighted by Crippen LogP contribution is -2.20. The molecule has 0 amide bonds. The molecule has 4 heteroatoms. The summed E-state index contributed by atoms with van der Waals surface area (Å²) in [7, 11) is 0. The summed E-state index contributed by atoms with van der Waals surface area (Å²) in [4.78, 5) is 2.43. The van der Waals surface area contributed by atoms with Crippen LogP contribution in [0.4, 0.5) is 0 Å². The van der Waals surface area contributed by atoms with Crippen LogP contribution in [0.3, 0.4) is 0 Å². The highest BCUT2D eigenvalue weighted by Crippen LogP contribution is 2.35. The van der Waals surface area contributed by atoms with Crippen molar-refractivity contribution in [3.05, 3.63) is 53.6 Å². The second-order valence-electron chi connectivity index (χ2n) is 6.26. The van der Waals surface area contributed by atoms with E-state index >= 15 is 0 Å². The molecule has 1 atom stereocenters. The molecule has 2 aliphatic rings. The van der Waals surface area contributed by atoms with Crippen molar-refractivity contribution in [2.24, 2.45) is 0 Å². The van der Waals surface area contributed by atoms with E-state index in [1.54, 1.807) is 6.07 Å². The van der Waals surface area contributed by atoms with E-state index in [2.05, 4.69) is 17.0 Å². The number of para-hydroxylation sites is 1. The van der Waals surface area contributed by atoms with E-state index in [1.165, 1.54) is 5.56 Å². The average molecular weight is 311 g/mol. The van der Waals surface area contributed by atoms with Crippen LogP contribution < -0.4 is 9.47 Å². The van der Waals surface area contributed by atoms with Crippen molar-refractivity contribution >= 4 is 0 Å². The number of likely N-dealkylation sites (tertiary alicyclic amines) is 1. The maximum absolute atomic E-state index is 10.0. The van der Waals surface area contributed by atoms with Crippen LogP contribution >= 0.6 is 0 Å². The molecule has 0 aliphatic carbocycles. The van der Waals surface area contributed by atoms with Crippen molar-refractivity contribution in [3.8, 4) is 17.2 Å². The van der Waals surface area contributed by atoms with Gasteiger partial charge in [-0.15, -0.1) is 0 Å². The zero-order chi connectivity index (χ0) is 15.6. The Bertz CT molecular complexity index is 701. The number of phenols is 1. The second-order valence-corrected chi connectivity index (χ2v) is 6.26. The Morgan fingerprint density at radius 3 is 2.74 bits per heavy atom. The number of fused-ring (bicyclic) bond motifs is 1. The Morgan fingerprint density at radius 2 is 1.87 bits per heavy atom. The van der Waals surface area contributed by atoms with Gasteiger partial charge in [0.1, 0.15) is 19.0 Å². The maximum atomic E-state index is 10.0. The van der Waals surface area contributed by atoms with E-state index in [4.69, 9.17) is 9.47 Å². The summed E-state index contributed by atoms with van der Waals surface area (Å²) in [6.07, 6.45) is 1.09. The topological polar surface area (TPSA) is 41.9 Å². The van der Waals surface area contributed by atoms with Crippen LogP contribution in [0.15, 0.2) is 42.5 Å². The van der Waals surface area contributed by atoms with Gasteiger partial charge in [-0.1, -0.05) is 24.3 Å². The lowest BCUT2D eigenvalue weighted by atomic mass is 9.97. The van der Waals surface area contributed by atoms with Crippen LogP contribution in [0.5, 0.6) is 17.2 Å². The van der Waals surface area contributed by atoms with Crippen LogP contribution in [-0.2, 0) is 6.54 Å². The van der Waals surface area contributed by atoms with Crippen molar-refractivity contribution < 1.29 is 14.6 Å². The Labute approximate surface area is 136 Å². The predicted molar refractivity (Wildman–Crippen MR) is 88.2 cm³/mol. The Morgan fingerprint density at radius 1 is 1.04 bits per heavy atom. The van der Waals surface area contributed by atoms with Gasteiger partial charge in [0.15, 0.2) is 11.5 Å². The number of aromatic hydroxyl groups is 1. The van der Waals surface area contributed by atoms with Gasteiger partial charge in [-0.2, -0.15) is 0 Å².